The predicted molar refractivity (Wildman–Crippen MR) is 81.6 cm³/mol. The standard InChI is InChI=1S/C15H8BrClF2N2/c16-14-8-13(15-11(18)5-2-6-12(15)19)20-21(14)10-4-1-3-9(17)7-10/h1-8H. The van der Waals surface area contributed by atoms with Crippen LogP contribution in [0.2, 0.25) is 5.02 Å². The quantitative estimate of drug-likeness (QED) is 0.604. The summed E-state index contributed by atoms with van der Waals surface area (Å²) in [5.41, 5.74) is 0.744. The van der Waals surface area contributed by atoms with Crippen molar-refractivity contribution in [1.82, 2.24) is 9.78 Å². The van der Waals surface area contributed by atoms with Gasteiger partial charge < -0.3 is 0 Å². The van der Waals surface area contributed by atoms with Crippen LogP contribution in [0.3, 0.4) is 0 Å². The minimum absolute atomic E-state index is 0.154. The molecule has 2 aromatic carbocycles. The Morgan fingerprint density at radius 2 is 1.67 bits per heavy atom. The van der Waals surface area contributed by atoms with E-state index in [4.69, 9.17) is 11.6 Å². The lowest BCUT2D eigenvalue weighted by Gasteiger charge is -2.04. The van der Waals surface area contributed by atoms with E-state index in [1.165, 1.54) is 22.9 Å². The normalized spacial score (nSPS) is 10.9. The summed E-state index contributed by atoms with van der Waals surface area (Å²) in [6, 6.07) is 12.3. The molecule has 106 valence electrons. The van der Waals surface area contributed by atoms with E-state index in [1.54, 1.807) is 30.3 Å². The molecule has 0 spiro atoms. The Labute approximate surface area is 133 Å². The van der Waals surface area contributed by atoms with Crippen molar-refractivity contribution in [2.75, 3.05) is 0 Å². The second-order valence-corrected chi connectivity index (χ2v) is 5.59. The van der Waals surface area contributed by atoms with Gasteiger partial charge in [-0.2, -0.15) is 5.10 Å². The zero-order valence-electron chi connectivity index (χ0n) is 10.5. The van der Waals surface area contributed by atoms with Crippen LogP contribution in [-0.4, -0.2) is 9.78 Å². The fourth-order valence-corrected chi connectivity index (χ4v) is 2.70. The molecule has 0 saturated heterocycles. The summed E-state index contributed by atoms with van der Waals surface area (Å²) in [6.07, 6.45) is 0. The Bertz CT molecular complexity index is 797. The highest BCUT2D eigenvalue weighted by Gasteiger charge is 2.16. The molecule has 2 nitrogen and oxygen atoms in total. The van der Waals surface area contributed by atoms with Crippen molar-refractivity contribution in [1.29, 1.82) is 0 Å². The third-order valence-corrected chi connectivity index (χ3v) is 3.74. The monoisotopic (exact) mass is 368 g/mol. The highest BCUT2D eigenvalue weighted by molar-refractivity contribution is 9.10. The maximum Gasteiger partial charge on any atom is 0.135 e. The van der Waals surface area contributed by atoms with Gasteiger partial charge in [0.15, 0.2) is 0 Å². The van der Waals surface area contributed by atoms with E-state index in [9.17, 15) is 8.78 Å². The van der Waals surface area contributed by atoms with Gasteiger partial charge in [0.25, 0.3) is 0 Å². The third kappa shape index (κ3) is 2.71. The first-order valence-corrected chi connectivity index (χ1v) is 7.19. The molecule has 3 rings (SSSR count). The summed E-state index contributed by atoms with van der Waals surface area (Å²) in [7, 11) is 0. The number of hydrogen-bond donors (Lipinski definition) is 0. The summed E-state index contributed by atoms with van der Waals surface area (Å²) in [5, 5.41) is 4.79. The van der Waals surface area contributed by atoms with E-state index in [0.717, 1.165) is 0 Å². The van der Waals surface area contributed by atoms with Crippen molar-refractivity contribution < 1.29 is 8.78 Å². The fraction of sp³-hybridized carbons (Fsp3) is 0. The molecule has 21 heavy (non-hydrogen) atoms. The molecular weight excluding hydrogens is 362 g/mol. The summed E-state index contributed by atoms with van der Waals surface area (Å²) < 4.78 is 29.7. The van der Waals surface area contributed by atoms with Crippen LogP contribution >= 0.6 is 27.5 Å². The lowest BCUT2D eigenvalue weighted by atomic mass is 10.1. The lowest BCUT2D eigenvalue weighted by molar-refractivity contribution is 0.588. The van der Waals surface area contributed by atoms with Gasteiger partial charge >= 0.3 is 0 Å². The molecule has 6 heteroatoms. The van der Waals surface area contributed by atoms with Crippen LogP contribution in [0.1, 0.15) is 0 Å². The van der Waals surface area contributed by atoms with E-state index in [-0.39, 0.29) is 11.3 Å². The van der Waals surface area contributed by atoms with Crippen molar-refractivity contribution in [3.8, 4) is 16.9 Å². The van der Waals surface area contributed by atoms with E-state index in [2.05, 4.69) is 21.0 Å². The van der Waals surface area contributed by atoms with Crippen molar-refractivity contribution in [2.45, 2.75) is 0 Å². The molecule has 1 heterocycles. The fourth-order valence-electron chi connectivity index (χ4n) is 2.01. The second kappa shape index (κ2) is 5.58. The number of halogens is 4. The molecule has 3 aromatic rings. The Kier molecular flexibility index (Phi) is 3.78. The van der Waals surface area contributed by atoms with Crippen molar-refractivity contribution in [3.05, 3.63) is 69.8 Å². The maximum absolute atomic E-state index is 13.8. The molecule has 0 unspecified atom stereocenters. The molecule has 0 aliphatic carbocycles. The Morgan fingerprint density at radius 3 is 2.33 bits per heavy atom. The molecule has 0 aliphatic rings. The van der Waals surface area contributed by atoms with Gasteiger partial charge in [0.05, 0.1) is 16.9 Å². The molecule has 0 atom stereocenters. The van der Waals surface area contributed by atoms with E-state index in [1.807, 2.05) is 0 Å². The Hall–Kier alpha value is -1.72. The minimum atomic E-state index is -0.654. The highest BCUT2D eigenvalue weighted by atomic mass is 79.9. The topological polar surface area (TPSA) is 17.8 Å². The van der Waals surface area contributed by atoms with Gasteiger partial charge in [0, 0.05) is 5.02 Å². The molecule has 0 saturated carbocycles. The number of benzene rings is 2. The number of hydrogen-bond acceptors (Lipinski definition) is 1. The Morgan fingerprint density at radius 1 is 1.00 bits per heavy atom. The SMILES string of the molecule is Fc1cccc(F)c1-c1cc(Br)n(-c2cccc(Cl)c2)n1. The Balaban J connectivity index is 2.14. The average Bonchev–Trinajstić information content (AvgIpc) is 2.80. The number of nitrogens with zero attached hydrogens (tertiary/aromatic N) is 2. The van der Waals surface area contributed by atoms with Crippen molar-refractivity contribution in [3.63, 3.8) is 0 Å². The molecule has 0 radical (unpaired) electrons. The molecular formula is C15H8BrClF2N2. The van der Waals surface area contributed by atoms with Gasteiger partial charge in [-0.3, -0.25) is 0 Å². The van der Waals surface area contributed by atoms with Crippen LogP contribution in [-0.2, 0) is 0 Å². The highest BCUT2D eigenvalue weighted by Crippen LogP contribution is 2.29. The first-order valence-electron chi connectivity index (χ1n) is 6.02. The van der Waals surface area contributed by atoms with Crippen LogP contribution in [0, 0.1) is 11.6 Å². The first-order chi connectivity index (χ1) is 10.1. The number of aromatic nitrogens is 2. The molecule has 0 bridgehead atoms. The molecule has 0 fully saturated rings. The summed E-state index contributed by atoms with van der Waals surface area (Å²) >= 11 is 9.28. The zero-order valence-corrected chi connectivity index (χ0v) is 12.9. The third-order valence-electron chi connectivity index (χ3n) is 2.94. The summed E-state index contributed by atoms with van der Waals surface area (Å²) in [6.45, 7) is 0. The number of rotatable bonds is 2. The molecule has 0 amide bonds. The van der Waals surface area contributed by atoms with E-state index >= 15 is 0 Å². The van der Waals surface area contributed by atoms with Crippen molar-refractivity contribution in [2.24, 2.45) is 0 Å². The molecule has 0 N–H and O–H groups in total. The van der Waals surface area contributed by atoms with Gasteiger partial charge in [0.1, 0.15) is 16.2 Å². The summed E-state index contributed by atoms with van der Waals surface area (Å²) in [5.74, 6) is -1.31. The lowest BCUT2D eigenvalue weighted by Crippen LogP contribution is -1.97. The van der Waals surface area contributed by atoms with Gasteiger partial charge in [-0.15, -0.1) is 0 Å². The van der Waals surface area contributed by atoms with Gasteiger partial charge in [0.2, 0.25) is 0 Å². The van der Waals surface area contributed by atoms with Crippen LogP contribution in [0.5, 0.6) is 0 Å². The zero-order chi connectivity index (χ0) is 15.0. The largest absolute Gasteiger partial charge is 0.226 e. The molecule has 1 aromatic heterocycles. The summed E-state index contributed by atoms with van der Waals surface area (Å²) in [4.78, 5) is 0. The van der Waals surface area contributed by atoms with Crippen molar-refractivity contribution >= 4 is 27.5 Å². The molecule has 0 aliphatic heterocycles. The van der Waals surface area contributed by atoms with Crippen LogP contribution in [0.4, 0.5) is 8.78 Å². The maximum atomic E-state index is 13.8. The predicted octanol–water partition coefficient (Wildman–Crippen LogP) is 5.23. The van der Waals surface area contributed by atoms with E-state index in [0.29, 0.717) is 15.3 Å². The first kappa shape index (κ1) is 14.2. The van der Waals surface area contributed by atoms with Crippen LogP contribution in [0.25, 0.3) is 16.9 Å². The van der Waals surface area contributed by atoms with Crippen LogP contribution in [0.15, 0.2) is 53.1 Å². The smallest absolute Gasteiger partial charge is 0.135 e. The average molecular weight is 370 g/mol. The van der Waals surface area contributed by atoms with Gasteiger partial charge in [-0.25, -0.2) is 13.5 Å². The second-order valence-electron chi connectivity index (χ2n) is 4.34. The van der Waals surface area contributed by atoms with Crippen LogP contribution < -0.4 is 0 Å². The van der Waals surface area contributed by atoms with Gasteiger partial charge in [-0.1, -0.05) is 23.7 Å². The minimum Gasteiger partial charge on any atom is -0.226 e. The van der Waals surface area contributed by atoms with E-state index < -0.39 is 11.6 Å². The van der Waals surface area contributed by atoms with Gasteiger partial charge in [-0.05, 0) is 52.3 Å².